The molecule has 3 rings (SSSR count). The average molecular weight is 310 g/mol. The van der Waals surface area contributed by atoms with E-state index in [1.54, 1.807) is 12.3 Å². The molecule has 2 heterocycles. The summed E-state index contributed by atoms with van der Waals surface area (Å²) in [4.78, 5) is 18.9. The molecular formula is C19H22N2O2. The van der Waals surface area contributed by atoms with Crippen LogP contribution >= 0.6 is 0 Å². The molecule has 1 N–H and O–H groups in total. The van der Waals surface area contributed by atoms with E-state index in [0.717, 1.165) is 11.1 Å². The van der Waals surface area contributed by atoms with Crippen molar-refractivity contribution >= 4 is 5.91 Å². The molecule has 120 valence electrons. The van der Waals surface area contributed by atoms with Crippen molar-refractivity contribution in [1.82, 2.24) is 9.88 Å². The third-order valence-electron chi connectivity index (χ3n) is 4.49. The van der Waals surface area contributed by atoms with E-state index in [-0.39, 0.29) is 17.6 Å². The van der Waals surface area contributed by atoms with Crippen LogP contribution in [0, 0.1) is 0 Å². The van der Waals surface area contributed by atoms with E-state index in [2.05, 4.69) is 4.98 Å². The zero-order chi connectivity index (χ0) is 16.4. The van der Waals surface area contributed by atoms with Crippen LogP contribution in [0.15, 0.2) is 48.7 Å². The Labute approximate surface area is 136 Å². The number of aliphatic hydroxyl groups excluding tert-OH is 1. The average Bonchev–Trinajstić information content (AvgIpc) is 2.54. The molecule has 0 spiro atoms. The summed E-state index contributed by atoms with van der Waals surface area (Å²) in [5.41, 5.74) is 2.18. The van der Waals surface area contributed by atoms with Gasteiger partial charge in [0, 0.05) is 23.8 Å². The van der Waals surface area contributed by atoms with Gasteiger partial charge in [-0.1, -0.05) is 36.4 Å². The summed E-state index contributed by atoms with van der Waals surface area (Å²) in [6.45, 7) is 4.55. The van der Waals surface area contributed by atoms with Gasteiger partial charge >= 0.3 is 0 Å². The number of piperidine rings is 1. The number of nitrogens with zero attached hydrogens (tertiary/aromatic N) is 2. The molecule has 1 aliphatic heterocycles. The Morgan fingerprint density at radius 2 is 1.91 bits per heavy atom. The van der Waals surface area contributed by atoms with Crippen LogP contribution in [0.2, 0.25) is 0 Å². The molecule has 4 nitrogen and oxygen atoms in total. The van der Waals surface area contributed by atoms with Gasteiger partial charge in [-0.05, 0) is 38.3 Å². The molecule has 4 heteroatoms. The summed E-state index contributed by atoms with van der Waals surface area (Å²) in [5, 5.41) is 9.82. The highest BCUT2D eigenvalue weighted by Crippen LogP contribution is 2.29. The highest BCUT2D eigenvalue weighted by Gasteiger charge is 2.37. The molecule has 1 aromatic heterocycles. The minimum atomic E-state index is -0.353. The highest BCUT2D eigenvalue weighted by atomic mass is 16.3. The first kappa shape index (κ1) is 15.7. The first-order valence-electron chi connectivity index (χ1n) is 7.99. The number of amides is 1. The lowest BCUT2D eigenvalue weighted by Gasteiger charge is -2.44. The van der Waals surface area contributed by atoms with Crippen molar-refractivity contribution in [2.24, 2.45) is 0 Å². The van der Waals surface area contributed by atoms with Crippen LogP contribution in [-0.4, -0.2) is 39.1 Å². The first-order chi connectivity index (χ1) is 11.0. The van der Waals surface area contributed by atoms with Crippen LogP contribution in [0.5, 0.6) is 0 Å². The lowest BCUT2D eigenvalue weighted by atomic mass is 9.88. The van der Waals surface area contributed by atoms with Crippen LogP contribution < -0.4 is 0 Å². The lowest BCUT2D eigenvalue weighted by molar-refractivity contribution is 0.00293. The van der Waals surface area contributed by atoms with Crippen LogP contribution in [0.1, 0.15) is 37.2 Å². The zero-order valence-electron chi connectivity index (χ0n) is 13.6. The molecule has 1 fully saturated rings. The standard InChI is InChI=1S/C19H22N2O2/c1-19(2)12-16(22)10-11-21(19)18(23)17-9-8-15(13-20-17)14-6-4-3-5-7-14/h3-9,13,16,22H,10-12H2,1-2H3. The number of pyridine rings is 1. The summed E-state index contributed by atoms with van der Waals surface area (Å²) in [5.74, 6) is -0.0680. The Balaban J connectivity index is 1.81. The van der Waals surface area contributed by atoms with Gasteiger partial charge < -0.3 is 10.0 Å². The van der Waals surface area contributed by atoms with Crippen molar-refractivity contribution in [3.63, 3.8) is 0 Å². The van der Waals surface area contributed by atoms with Gasteiger partial charge in [0.05, 0.1) is 6.10 Å². The predicted molar refractivity (Wildman–Crippen MR) is 90.0 cm³/mol. The van der Waals surface area contributed by atoms with E-state index in [9.17, 15) is 9.90 Å². The second kappa shape index (κ2) is 6.13. The molecule has 0 radical (unpaired) electrons. The lowest BCUT2D eigenvalue weighted by Crippen LogP contribution is -2.54. The number of aliphatic hydroxyl groups is 1. The van der Waals surface area contributed by atoms with Crippen molar-refractivity contribution in [1.29, 1.82) is 0 Å². The molecule has 0 aliphatic carbocycles. The van der Waals surface area contributed by atoms with Crippen LogP contribution in [-0.2, 0) is 0 Å². The second-order valence-electron chi connectivity index (χ2n) is 6.71. The van der Waals surface area contributed by atoms with Gasteiger partial charge in [-0.15, -0.1) is 0 Å². The zero-order valence-corrected chi connectivity index (χ0v) is 13.6. The van der Waals surface area contributed by atoms with E-state index >= 15 is 0 Å². The number of carbonyl (C=O) groups excluding carboxylic acids is 1. The first-order valence-corrected chi connectivity index (χ1v) is 7.99. The summed E-state index contributed by atoms with van der Waals surface area (Å²) in [7, 11) is 0. The van der Waals surface area contributed by atoms with E-state index in [0.29, 0.717) is 25.1 Å². The molecule has 1 aliphatic rings. The monoisotopic (exact) mass is 310 g/mol. The molecule has 23 heavy (non-hydrogen) atoms. The van der Waals surface area contributed by atoms with Crippen molar-refractivity contribution in [2.45, 2.75) is 38.3 Å². The maximum Gasteiger partial charge on any atom is 0.272 e. The van der Waals surface area contributed by atoms with Crippen LogP contribution in [0.25, 0.3) is 11.1 Å². The van der Waals surface area contributed by atoms with Gasteiger partial charge in [0.2, 0.25) is 0 Å². The number of benzene rings is 1. The third kappa shape index (κ3) is 3.27. The molecule has 1 amide bonds. The van der Waals surface area contributed by atoms with Crippen molar-refractivity contribution in [3.05, 3.63) is 54.4 Å². The minimum absolute atomic E-state index is 0.0680. The van der Waals surface area contributed by atoms with E-state index in [4.69, 9.17) is 0 Å². The highest BCUT2D eigenvalue weighted by molar-refractivity contribution is 5.93. The normalized spacial score (nSPS) is 20.3. The van der Waals surface area contributed by atoms with Gasteiger partial charge in [-0.3, -0.25) is 9.78 Å². The molecular weight excluding hydrogens is 288 g/mol. The van der Waals surface area contributed by atoms with E-state index in [1.807, 2.05) is 55.1 Å². The molecule has 1 saturated heterocycles. The van der Waals surface area contributed by atoms with Crippen molar-refractivity contribution in [3.8, 4) is 11.1 Å². The molecule has 2 aromatic rings. The van der Waals surface area contributed by atoms with Gasteiger partial charge in [0.1, 0.15) is 5.69 Å². The number of aromatic nitrogens is 1. The third-order valence-corrected chi connectivity index (χ3v) is 4.49. The van der Waals surface area contributed by atoms with Gasteiger partial charge in [-0.2, -0.15) is 0 Å². The SMILES string of the molecule is CC1(C)CC(O)CCN1C(=O)c1ccc(-c2ccccc2)cn1. The Kier molecular flexibility index (Phi) is 4.18. The largest absolute Gasteiger partial charge is 0.393 e. The molecule has 1 aromatic carbocycles. The van der Waals surface area contributed by atoms with Gasteiger partial charge in [0.15, 0.2) is 0 Å². The summed E-state index contributed by atoms with van der Waals surface area (Å²) in [6.07, 6.45) is 2.63. The van der Waals surface area contributed by atoms with E-state index in [1.165, 1.54) is 0 Å². The van der Waals surface area contributed by atoms with Gasteiger partial charge in [0.25, 0.3) is 5.91 Å². The maximum absolute atomic E-state index is 12.8. The van der Waals surface area contributed by atoms with Crippen LogP contribution in [0.3, 0.4) is 0 Å². The Hall–Kier alpha value is -2.20. The molecule has 0 saturated carbocycles. The van der Waals surface area contributed by atoms with Crippen LogP contribution in [0.4, 0.5) is 0 Å². The Morgan fingerprint density at radius 3 is 2.52 bits per heavy atom. The summed E-state index contributed by atoms with van der Waals surface area (Å²) < 4.78 is 0. The number of likely N-dealkylation sites (tertiary alicyclic amines) is 1. The van der Waals surface area contributed by atoms with Crippen molar-refractivity contribution < 1.29 is 9.90 Å². The smallest absolute Gasteiger partial charge is 0.272 e. The molecule has 0 bridgehead atoms. The topological polar surface area (TPSA) is 53.4 Å². The fourth-order valence-electron chi connectivity index (χ4n) is 3.21. The maximum atomic E-state index is 12.8. The summed E-state index contributed by atoms with van der Waals surface area (Å²) >= 11 is 0. The van der Waals surface area contributed by atoms with E-state index < -0.39 is 0 Å². The molecule has 1 atom stereocenters. The number of hydrogen-bond acceptors (Lipinski definition) is 3. The Morgan fingerprint density at radius 1 is 1.17 bits per heavy atom. The number of hydrogen-bond donors (Lipinski definition) is 1. The fourth-order valence-corrected chi connectivity index (χ4v) is 3.21. The number of carbonyl (C=O) groups is 1. The summed E-state index contributed by atoms with van der Waals surface area (Å²) in [6, 6.07) is 13.7. The van der Waals surface area contributed by atoms with Gasteiger partial charge in [-0.25, -0.2) is 0 Å². The number of rotatable bonds is 2. The Bertz CT molecular complexity index is 680. The quantitative estimate of drug-likeness (QED) is 0.927. The molecule has 1 unspecified atom stereocenters. The second-order valence-corrected chi connectivity index (χ2v) is 6.71. The van der Waals surface area contributed by atoms with Crippen molar-refractivity contribution in [2.75, 3.05) is 6.54 Å². The predicted octanol–water partition coefficient (Wildman–Crippen LogP) is 3.12. The fraction of sp³-hybridized carbons (Fsp3) is 0.368. The minimum Gasteiger partial charge on any atom is -0.393 e.